The Balaban J connectivity index is 2.24. The topological polar surface area (TPSA) is 34.9 Å². The van der Waals surface area contributed by atoms with E-state index in [2.05, 4.69) is 20.9 Å². The molecule has 21 heavy (non-hydrogen) atoms. The number of nitrogens with zero attached hydrogens (tertiary/aromatic N) is 2. The van der Waals surface area contributed by atoms with Crippen LogP contribution in [0, 0.1) is 0 Å². The van der Waals surface area contributed by atoms with E-state index in [-0.39, 0.29) is 10.9 Å². The maximum Gasteiger partial charge on any atom is 0.261 e. The molecule has 0 amide bonds. The molecule has 3 aromatic rings. The van der Waals surface area contributed by atoms with Gasteiger partial charge in [-0.2, -0.15) is 0 Å². The highest BCUT2D eigenvalue weighted by molar-refractivity contribution is 9.10. The Bertz CT molecular complexity index is 856. The second-order valence-corrected chi connectivity index (χ2v) is 7.20. The largest absolute Gasteiger partial charge is 0.290 e. The van der Waals surface area contributed by atoms with Crippen molar-refractivity contribution in [3.05, 3.63) is 61.2 Å². The Morgan fingerprint density at radius 1 is 1.38 bits per heavy atom. The number of rotatable bonds is 3. The molecule has 0 saturated heterocycles. The minimum atomic E-state index is -0.332. The van der Waals surface area contributed by atoms with Gasteiger partial charge in [-0.25, -0.2) is 4.98 Å². The summed E-state index contributed by atoms with van der Waals surface area (Å²) in [5, 5.41) is 2.27. The van der Waals surface area contributed by atoms with E-state index in [9.17, 15) is 4.79 Å². The maximum absolute atomic E-state index is 12.7. The average molecular weight is 384 g/mol. The smallest absolute Gasteiger partial charge is 0.261 e. The number of fused-ring (bicyclic) bond motifs is 1. The van der Waals surface area contributed by atoms with Crippen molar-refractivity contribution in [2.75, 3.05) is 0 Å². The molecular weight excluding hydrogens is 372 g/mol. The van der Waals surface area contributed by atoms with E-state index in [1.54, 1.807) is 22.0 Å². The highest BCUT2D eigenvalue weighted by atomic mass is 79.9. The normalized spacial score (nSPS) is 12.7. The first kappa shape index (κ1) is 14.8. The summed E-state index contributed by atoms with van der Waals surface area (Å²) >= 11 is 11.3. The number of hydrogen-bond acceptors (Lipinski definition) is 3. The van der Waals surface area contributed by atoms with Gasteiger partial charge in [-0.1, -0.05) is 12.1 Å². The van der Waals surface area contributed by atoms with Crippen molar-refractivity contribution in [3.63, 3.8) is 0 Å². The monoisotopic (exact) mass is 382 g/mol. The summed E-state index contributed by atoms with van der Waals surface area (Å²) in [7, 11) is 0. The van der Waals surface area contributed by atoms with Gasteiger partial charge in [0, 0.05) is 9.35 Å². The Kier molecular flexibility index (Phi) is 4.15. The van der Waals surface area contributed by atoms with Gasteiger partial charge in [-0.15, -0.1) is 22.9 Å². The summed E-state index contributed by atoms with van der Waals surface area (Å²) in [6.07, 6.45) is 0. The molecule has 0 aliphatic heterocycles. The van der Waals surface area contributed by atoms with Gasteiger partial charge in [0.1, 0.15) is 5.82 Å². The summed E-state index contributed by atoms with van der Waals surface area (Å²) in [4.78, 5) is 18.4. The Morgan fingerprint density at radius 3 is 2.81 bits per heavy atom. The first-order valence-electron chi connectivity index (χ1n) is 6.43. The quantitative estimate of drug-likeness (QED) is 0.621. The van der Waals surface area contributed by atoms with Crippen LogP contribution in [0.5, 0.6) is 0 Å². The number of aromatic nitrogens is 2. The fraction of sp³-hybridized carbons (Fsp3) is 0.200. The van der Waals surface area contributed by atoms with E-state index in [0.29, 0.717) is 23.3 Å². The lowest BCUT2D eigenvalue weighted by Gasteiger charge is -2.14. The summed E-state index contributed by atoms with van der Waals surface area (Å²) in [5.41, 5.74) is 0.634. The molecule has 1 atom stereocenters. The van der Waals surface area contributed by atoms with Crippen LogP contribution in [0.1, 0.15) is 23.0 Å². The fourth-order valence-electron chi connectivity index (χ4n) is 2.22. The van der Waals surface area contributed by atoms with Crippen molar-refractivity contribution in [1.29, 1.82) is 0 Å². The predicted molar refractivity (Wildman–Crippen MR) is 91.4 cm³/mol. The van der Waals surface area contributed by atoms with E-state index in [4.69, 9.17) is 11.6 Å². The molecular formula is C15H12BrClN2OS. The fourth-order valence-corrected chi connectivity index (χ4v) is 3.86. The third-order valence-electron chi connectivity index (χ3n) is 3.24. The van der Waals surface area contributed by atoms with Gasteiger partial charge in [0.2, 0.25) is 0 Å². The molecule has 0 saturated carbocycles. The third kappa shape index (κ3) is 2.78. The van der Waals surface area contributed by atoms with Crippen LogP contribution in [-0.2, 0) is 6.54 Å². The van der Waals surface area contributed by atoms with Crippen LogP contribution in [0.15, 0.2) is 45.0 Å². The van der Waals surface area contributed by atoms with Crippen LogP contribution in [0.2, 0.25) is 0 Å². The van der Waals surface area contributed by atoms with Crippen molar-refractivity contribution in [2.24, 2.45) is 0 Å². The first-order chi connectivity index (χ1) is 10.1. The standard InChI is InChI=1S/C15H12BrClN2OS/c1-9(17)14-18-12-5-3-2-4-10(12)15(20)19(14)8-13-11(16)6-7-21-13/h2-7,9H,8H2,1H3. The highest BCUT2D eigenvalue weighted by Gasteiger charge is 2.16. The average Bonchev–Trinajstić information content (AvgIpc) is 2.87. The van der Waals surface area contributed by atoms with Gasteiger partial charge in [0.15, 0.2) is 0 Å². The molecule has 0 N–H and O–H groups in total. The molecule has 3 nitrogen and oxygen atoms in total. The number of alkyl halides is 1. The molecule has 108 valence electrons. The van der Waals surface area contributed by atoms with Crippen molar-refractivity contribution in [2.45, 2.75) is 18.8 Å². The minimum Gasteiger partial charge on any atom is -0.290 e. The number of benzene rings is 1. The van der Waals surface area contributed by atoms with Crippen molar-refractivity contribution < 1.29 is 0 Å². The lowest BCUT2D eigenvalue weighted by molar-refractivity contribution is 0.683. The van der Waals surface area contributed by atoms with Crippen LogP contribution >= 0.6 is 38.9 Å². The SMILES string of the molecule is CC(Cl)c1nc2ccccc2c(=O)n1Cc1sccc1Br. The molecule has 3 rings (SSSR count). The van der Waals surface area contributed by atoms with Gasteiger partial charge in [-0.3, -0.25) is 9.36 Å². The van der Waals surface area contributed by atoms with Crippen LogP contribution in [-0.4, -0.2) is 9.55 Å². The Morgan fingerprint density at radius 2 is 2.14 bits per heavy atom. The molecule has 0 radical (unpaired) electrons. The second kappa shape index (κ2) is 5.91. The first-order valence-corrected chi connectivity index (χ1v) is 8.54. The van der Waals surface area contributed by atoms with E-state index in [1.807, 2.05) is 36.6 Å². The van der Waals surface area contributed by atoms with E-state index in [1.165, 1.54) is 0 Å². The van der Waals surface area contributed by atoms with Crippen LogP contribution < -0.4 is 5.56 Å². The number of para-hydroxylation sites is 1. The van der Waals surface area contributed by atoms with Gasteiger partial charge in [-0.05, 0) is 46.4 Å². The van der Waals surface area contributed by atoms with E-state index in [0.717, 1.165) is 9.35 Å². The maximum atomic E-state index is 12.7. The highest BCUT2D eigenvalue weighted by Crippen LogP contribution is 2.25. The third-order valence-corrected chi connectivity index (χ3v) is 5.35. The molecule has 1 aromatic carbocycles. The summed E-state index contributed by atoms with van der Waals surface area (Å²) in [6.45, 7) is 2.30. The lowest BCUT2D eigenvalue weighted by Crippen LogP contribution is -2.26. The second-order valence-electron chi connectivity index (χ2n) is 4.69. The van der Waals surface area contributed by atoms with E-state index >= 15 is 0 Å². The van der Waals surface area contributed by atoms with Gasteiger partial charge < -0.3 is 0 Å². The van der Waals surface area contributed by atoms with Crippen LogP contribution in [0.3, 0.4) is 0 Å². The molecule has 0 fully saturated rings. The van der Waals surface area contributed by atoms with Crippen molar-refractivity contribution >= 4 is 49.8 Å². The van der Waals surface area contributed by atoms with Crippen LogP contribution in [0.4, 0.5) is 0 Å². The summed E-state index contributed by atoms with van der Waals surface area (Å²) in [5.74, 6) is 0.598. The zero-order chi connectivity index (χ0) is 15.0. The number of halogens is 2. The number of thiophene rings is 1. The molecule has 2 aromatic heterocycles. The Hall–Kier alpha value is -1.17. The van der Waals surface area contributed by atoms with Gasteiger partial charge in [0.25, 0.3) is 5.56 Å². The molecule has 0 spiro atoms. The van der Waals surface area contributed by atoms with E-state index < -0.39 is 0 Å². The molecule has 1 unspecified atom stereocenters. The summed E-state index contributed by atoms with van der Waals surface area (Å²) in [6, 6.07) is 9.33. The molecule has 2 heterocycles. The minimum absolute atomic E-state index is 0.0524. The zero-order valence-electron chi connectivity index (χ0n) is 11.2. The van der Waals surface area contributed by atoms with Crippen molar-refractivity contribution in [3.8, 4) is 0 Å². The Labute approximate surface area is 139 Å². The number of hydrogen-bond donors (Lipinski definition) is 0. The van der Waals surface area contributed by atoms with Gasteiger partial charge in [0.05, 0.1) is 22.8 Å². The van der Waals surface area contributed by atoms with Crippen LogP contribution in [0.25, 0.3) is 10.9 Å². The van der Waals surface area contributed by atoms with Crippen molar-refractivity contribution in [1.82, 2.24) is 9.55 Å². The lowest BCUT2D eigenvalue weighted by atomic mass is 10.2. The predicted octanol–water partition coefficient (Wildman–Crippen LogP) is 4.57. The summed E-state index contributed by atoms with van der Waals surface area (Å²) < 4.78 is 2.66. The zero-order valence-corrected chi connectivity index (χ0v) is 14.4. The molecule has 6 heteroatoms. The van der Waals surface area contributed by atoms with Gasteiger partial charge >= 0.3 is 0 Å². The molecule has 0 aliphatic rings. The molecule has 0 bridgehead atoms. The molecule has 0 aliphatic carbocycles.